The second-order valence-electron chi connectivity index (χ2n) is 6.80. The first-order chi connectivity index (χ1) is 15.2. The van der Waals surface area contributed by atoms with Crippen LogP contribution in [0.1, 0.15) is 0 Å². The van der Waals surface area contributed by atoms with Crippen LogP contribution in [0.4, 0.5) is 34.4 Å². The van der Waals surface area contributed by atoms with Crippen LogP contribution in [0.5, 0.6) is 0 Å². The Balaban J connectivity index is 1.57. The summed E-state index contributed by atoms with van der Waals surface area (Å²) in [6.07, 6.45) is 7.96. The monoisotopic (exact) mass is 413 g/mol. The third kappa shape index (κ3) is 3.46. The van der Waals surface area contributed by atoms with Gasteiger partial charge in [-0.2, -0.15) is 10.2 Å². The zero-order valence-corrected chi connectivity index (χ0v) is 16.4. The predicted molar refractivity (Wildman–Crippen MR) is 120 cm³/mol. The van der Waals surface area contributed by atoms with Crippen LogP contribution in [0.3, 0.4) is 0 Å². The molecule has 0 atom stereocenters. The minimum absolute atomic E-state index is 0.105. The fourth-order valence-electron chi connectivity index (χ4n) is 3.33. The van der Waals surface area contributed by atoms with Gasteiger partial charge < -0.3 is 26.5 Å². The van der Waals surface area contributed by atoms with Gasteiger partial charge in [-0.05, 0) is 30.3 Å². The van der Waals surface area contributed by atoms with Gasteiger partial charge in [-0.3, -0.25) is 0 Å². The Morgan fingerprint density at radius 2 is 1.52 bits per heavy atom. The topological polar surface area (TPSA) is 127 Å². The fourth-order valence-corrected chi connectivity index (χ4v) is 3.33. The van der Waals surface area contributed by atoms with Gasteiger partial charge in [0.1, 0.15) is 6.29 Å². The number of nitrogens with one attached hydrogen (secondary N) is 3. The maximum Gasteiger partial charge on any atom is 0.156 e. The number of carbonyl (C=O) groups is 1. The number of nitrogens with two attached hydrogens (primary N) is 1. The number of aromatic nitrogens is 5. The van der Waals surface area contributed by atoms with Gasteiger partial charge in [-0.25, -0.2) is 14.0 Å². The highest BCUT2D eigenvalue weighted by molar-refractivity contribution is 5.88. The van der Waals surface area contributed by atoms with Crippen molar-refractivity contribution in [3.05, 3.63) is 67.3 Å². The van der Waals surface area contributed by atoms with E-state index in [4.69, 9.17) is 5.73 Å². The van der Waals surface area contributed by atoms with E-state index in [2.05, 4.69) is 31.1 Å². The lowest BCUT2D eigenvalue weighted by molar-refractivity contribution is -0.106. The SMILES string of the molecule is Nc1cc(Nc2cnn3ccccc23)c(Nc2cnn3ccccc23)nc1NCC=O. The Hall–Kier alpha value is -4.60. The van der Waals surface area contributed by atoms with Crippen LogP contribution in [0.2, 0.25) is 0 Å². The molecule has 0 aromatic carbocycles. The minimum Gasteiger partial charge on any atom is -0.396 e. The summed E-state index contributed by atoms with van der Waals surface area (Å²) in [6.45, 7) is 0.105. The van der Waals surface area contributed by atoms with E-state index in [0.717, 1.165) is 28.7 Å². The van der Waals surface area contributed by atoms with Crippen molar-refractivity contribution < 1.29 is 4.79 Å². The summed E-state index contributed by atoms with van der Waals surface area (Å²) < 4.78 is 3.54. The van der Waals surface area contributed by atoms with Crippen molar-refractivity contribution in [2.24, 2.45) is 0 Å². The highest BCUT2D eigenvalue weighted by Crippen LogP contribution is 2.34. The second-order valence-corrected chi connectivity index (χ2v) is 6.80. The number of carbonyl (C=O) groups excluding carboxylic acids is 1. The van der Waals surface area contributed by atoms with Crippen LogP contribution >= 0.6 is 0 Å². The van der Waals surface area contributed by atoms with Gasteiger partial charge in [-0.1, -0.05) is 12.1 Å². The van der Waals surface area contributed by atoms with Crippen molar-refractivity contribution in [3.8, 4) is 0 Å². The van der Waals surface area contributed by atoms with E-state index in [1.165, 1.54) is 0 Å². The average Bonchev–Trinajstić information content (AvgIpc) is 3.39. The molecule has 0 saturated heterocycles. The zero-order chi connectivity index (χ0) is 21.2. The predicted octanol–water partition coefficient (Wildman–Crippen LogP) is 3.06. The lowest BCUT2D eigenvalue weighted by Gasteiger charge is -2.16. The average molecular weight is 413 g/mol. The summed E-state index contributed by atoms with van der Waals surface area (Å²) in [6, 6.07) is 13.4. The molecule has 5 aromatic heterocycles. The number of nitrogen functional groups attached to an aromatic ring is 1. The molecule has 5 rings (SSSR count). The molecule has 0 spiro atoms. The van der Waals surface area contributed by atoms with Crippen molar-refractivity contribution >= 4 is 51.7 Å². The number of rotatable bonds is 7. The molecule has 0 amide bonds. The Morgan fingerprint density at radius 1 is 0.871 bits per heavy atom. The summed E-state index contributed by atoms with van der Waals surface area (Å²) in [4.78, 5) is 15.4. The van der Waals surface area contributed by atoms with E-state index in [9.17, 15) is 4.79 Å². The van der Waals surface area contributed by atoms with Crippen molar-refractivity contribution in [1.82, 2.24) is 24.2 Å². The second kappa shape index (κ2) is 7.67. The minimum atomic E-state index is 0.105. The molecule has 0 aliphatic heterocycles. The van der Waals surface area contributed by atoms with Crippen molar-refractivity contribution in [2.75, 3.05) is 28.2 Å². The standard InChI is InChI=1S/C21H19N9O/c22-14-11-15(26-16-12-24-29-8-3-1-5-18(16)29)21(28-20(14)23-7-10-31)27-17-13-25-30-9-4-2-6-19(17)30/h1-6,8-13,26H,7,22H2,(H2,23,27,28). The molecule has 5 aromatic rings. The number of aldehydes is 1. The first-order valence-electron chi connectivity index (χ1n) is 9.60. The quantitative estimate of drug-likeness (QED) is 0.300. The first-order valence-corrected chi connectivity index (χ1v) is 9.60. The molecule has 0 aliphatic rings. The van der Waals surface area contributed by atoms with Gasteiger partial charge >= 0.3 is 0 Å². The van der Waals surface area contributed by atoms with Crippen LogP contribution in [0.15, 0.2) is 67.3 Å². The molecular weight excluding hydrogens is 394 g/mol. The van der Waals surface area contributed by atoms with Gasteiger partial charge in [0, 0.05) is 12.4 Å². The maximum atomic E-state index is 10.8. The third-order valence-corrected chi connectivity index (χ3v) is 4.78. The largest absolute Gasteiger partial charge is 0.396 e. The first kappa shape index (κ1) is 18.4. The molecule has 0 fully saturated rings. The lowest BCUT2D eigenvalue weighted by atomic mass is 10.2. The van der Waals surface area contributed by atoms with Crippen molar-refractivity contribution in [3.63, 3.8) is 0 Å². The number of anilines is 6. The van der Waals surface area contributed by atoms with Crippen LogP contribution in [-0.2, 0) is 4.79 Å². The Labute approximate surface area is 176 Å². The normalized spacial score (nSPS) is 11.0. The summed E-state index contributed by atoms with van der Waals surface area (Å²) in [7, 11) is 0. The van der Waals surface area contributed by atoms with Crippen LogP contribution in [0, 0.1) is 0 Å². The molecule has 0 unspecified atom stereocenters. The maximum absolute atomic E-state index is 10.8. The highest BCUT2D eigenvalue weighted by atomic mass is 16.1. The number of fused-ring (bicyclic) bond motifs is 2. The van der Waals surface area contributed by atoms with E-state index in [0.29, 0.717) is 23.0 Å². The lowest BCUT2D eigenvalue weighted by Crippen LogP contribution is -2.10. The molecule has 0 saturated carbocycles. The van der Waals surface area contributed by atoms with E-state index in [-0.39, 0.29) is 6.54 Å². The summed E-state index contributed by atoms with van der Waals surface area (Å²) in [5.41, 5.74) is 10.6. The van der Waals surface area contributed by atoms with Gasteiger partial charge in [0.2, 0.25) is 0 Å². The fraction of sp³-hybridized carbons (Fsp3) is 0.0476. The summed E-state index contributed by atoms with van der Waals surface area (Å²) in [5, 5.41) is 18.3. The Morgan fingerprint density at radius 3 is 2.16 bits per heavy atom. The number of hydrogen-bond acceptors (Lipinski definition) is 8. The van der Waals surface area contributed by atoms with E-state index in [1.54, 1.807) is 27.5 Å². The molecule has 154 valence electrons. The Kier molecular flexibility index (Phi) is 4.56. The molecule has 5 heterocycles. The van der Waals surface area contributed by atoms with Crippen molar-refractivity contribution in [2.45, 2.75) is 0 Å². The number of pyridine rings is 3. The molecular formula is C21H19N9O. The molecule has 0 aliphatic carbocycles. The number of hydrogen-bond donors (Lipinski definition) is 4. The molecule has 10 nitrogen and oxygen atoms in total. The smallest absolute Gasteiger partial charge is 0.156 e. The van der Waals surface area contributed by atoms with E-state index >= 15 is 0 Å². The van der Waals surface area contributed by atoms with Crippen molar-refractivity contribution in [1.29, 1.82) is 0 Å². The molecule has 0 bridgehead atoms. The molecule has 5 N–H and O–H groups in total. The van der Waals surface area contributed by atoms with Gasteiger partial charge in [0.25, 0.3) is 0 Å². The highest BCUT2D eigenvalue weighted by Gasteiger charge is 2.14. The Bertz CT molecular complexity index is 1390. The summed E-state index contributed by atoms with van der Waals surface area (Å²) >= 11 is 0. The van der Waals surface area contributed by atoms with Gasteiger partial charge in [-0.15, -0.1) is 0 Å². The van der Waals surface area contributed by atoms with Gasteiger partial charge in [0.15, 0.2) is 11.6 Å². The zero-order valence-electron chi connectivity index (χ0n) is 16.4. The van der Waals surface area contributed by atoms with Crippen LogP contribution in [0.25, 0.3) is 11.0 Å². The van der Waals surface area contributed by atoms with E-state index in [1.807, 2.05) is 48.8 Å². The van der Waals surface area contributed by atoms with E-state index < -0.39 is 0 Å². The number of nitrogens with zero attached hydrogens (tertiary/aromatic N) is 5. The molecule has 0 radical (unpaired) electrons. The molecule has 31 heavy (non-hydrogen) atoms. The molecule has 10 heteroatoms. The van der Waals surface area contributed by atoms with Crippen LogP contribution < -0.4 is 21.7 Å². The third-order valence-electron chi connectivity index (χ3n) is 4.78. The van der Waals surface area contributed by atoms with Gasteiger partial charge in [0.05, 0.1) is 52.7 Å². The van der Waals surface area contributed by atoms with Crippen LogP contribution in [-0.4, -0.2) is 37.0 Å². The summed E-state index contributed by atoms with van der Waals surface area (Å²) in [5.74, 6) is 0.938.